The maximum atomic E-state index is 12.7. The Labute approximate surface area is 64.1 Å². The number of allylic oxidation sites excluding steroid dienone is 1. The summed E-state index contributed by atoms with van der Waals surface area (Å²) in [5.74, 6) is 0. The summed E-state index contributed by atoms with van der Waals surface area (Å²) in [6, 6.07) is 0. The first-order valence-electron chi connectivity index (χ1n) is 3.70. The molecule has 0 nitrogen and oxygen atoms in total. The van der Waals surface area contributed by atoms with Crippen LogP contribution in [0, 0.1) is 0 Å². The minimum absolute atomic E-state index is 0.0262. The Morgan fingerprint density at radius 1 is 1.18 bits per heavy atom. The third-order valence-electron chi connectivity index (χ3n) is 1.95. The van der Waals surface area contributed by atoms with Crippen molar-refractivity contribution in [3.63, 3.8) is 0 Å². The predicted molar refractivity (Wildman–Crippen MR) is 37.7 cm³/mol. The average Bonchev–Trinajstić information content (AvgIpc) is 2.05. The second-order valence-electron chi connectivity index (χ2n) is 2.97. The molecule has 1 saturated carbocycles. The van der Waals surface area contributed by atoms with Crippen LogP contribution < -0.4 is 0 Å². The predicted octanol–water partition coefficient (Wildman–Crippen LogP) is 2.74. The van der Waals surface area contributed by atoms with Crippen molar-refractivity contribution >= 4 is 0 Å². The number of rotatable bonds is 0. The molecular formula is C8H11F3. The number of halogens is 3. The van der Waals surface area contributed by atoms with Crippen molar-refractivity contribution < 1.29 is 13.2 Å². The SMILES string of the molecule is C=C1CCC(F)[C@H](F)C(F)C1. The van der Waals surface area contributed by atoms with Gasteiger partial charge in [0.1, 0.15) is 12.3 Å². The highest BCUT2D eigenvalue weighted by atomic mass is 19.2. The minimum atomic E-state index is -1.95. The third-order valence-corrected chi connectivity index (χ3v) is 1.95. The van der Waals surface area contributed by atoms with Crippen LogP contribution in [-0.4, -0.2) is 18.5 Å². The lowest BCUT2D eigenvalue weighted by Crippen LogP contribution is -2.25. The molecule has 1 aliphatic rings. The lowest BCUT2D eigenvalue weighted by molar-refractivity contribution is 0.0871. The Balaban J connectivity index is 2.61. The van der Waals surface area contributed by atoms with Crippen molar-refractivity contribution in [3.05, 3.63) is 12.2 Å². The number of hydrogen-bond acceptors (Lipinski definition) is 0. The third kappa shape index (κ3) is 1.98. The Morgan fingerprint density at radius 3 is 2.45 bits per heavy atom. The smallest absolute Gasteiger partial charge is 0.162 e. The summed E-state index contributed by atoms with van der Waals surface area (Å²) in [7, 11) is 0. The van der Waals surface area contributed by atoms with Crippen molar-refractivity contribution in [2.45, 2.75) is 37.8 Å². The maximum Gasteiger partial charge on any atom is 0.162 e. The van der Waals surface area contributed by atoms with E-state index in [-0.39, 0.29) is 12.8 Å². The number of alkyl halides is 3. The van der Waals surface area contributed by atoms with Crippen LogP contribution in [0.5, 0.6) is 0 Å². The van der Waals surface area contributed by atoms with Gasteiger partial charge in [0.2, 0.25) is 0 Å². The van der Waals surface area contributed by atoms with Crippen LogP contribution in [0.25, 0.3) is 0 Å². The monoisotopic (exact) mass is 164 g/mol. The van der Waals surface area contributed by atoms with Crippen LogP contribution in [0.2, 0.25) is 0 Å². The van der Waals surface area contributed by atoms with Crippen LogP contribution in [-0.2, 0) is 0 Å². The van der Waals surface area contributed by atoms with Gasteiger partial charge < -0.3 is 0 Å². The van der Waals surface area contributed by atoms with Gasteiger partial charge in [0.15, 0.2) is 6.17 Å². The molecule has 0 heterocycles. The van der Waals surface area contributed by atoms with E-state index in [0.29, 0.717) is 12.0 Å². The largest absolute Gasteiger partial charge is 0.244 e. The van der Waals surface area contributed by atoms with E-state index in [1.54, 1.807) is 0 Å². The maximum absolute atomic E-state index is 12.7. The van der Waals surface area contributed by atoms with Crippen LogP contribution in [0.3, 0.4) is 0 Å². The minimum Gasteiger partial charge on any atom is -0.244 e. The Kier molecular flexibility index (Phi) is 2.58. The molecule has 3 heteroatoms. The zero-order chi connectivity index (χ0) is 8.43. The second-order valence-corrected chi connectivity index (χ2v) is 2.97. The van der Waals surface area contributed by atoms with E-state index < -0.39 is 18.5 Å². The van der Waals surface area contributed by atoms with Gasteiger partial charge >= 0.3 is 0 Å². The summed E-state index contributed by atoms with van der Waals surface area (Å²) in [6.45, 7) is 3.52. The van der Waals surface area contributed by atoms with Crippen LogP contribution in [0.4, 0.5) is 13.2 Å². The molecule has 0 bridgehead atoms. The zero-order valence-corrected chi connectivity index (χ0v) is 6.19. The van der Waals surface area contributed by atoms with E-state index >= 15 is 0 Å². The molecule has 1 rings (SSSR count). The van der Waals surface area contributed by atoms with Gasteiger partial charge in [-0.1, -0.05) is 12.2 Å². The molecule has 0 aromatic carbocycles. The summed E-state index contributed by atoms with van der Waals surface area (Å²) < 4.78 is 37.9. The molecule has 0 aromatic rings. The zero-order valence-electron chi connectivity index (χ0n) is 6.19. The van der Waals surface area contributed by atoms with Crippen LogP contribution in [0.15, 0.2) is 12.2 Å². The van der Waals surface area contributed by atoms with Crippen LogP contribution in [0.1, 0.15) is 19.3 Å². The highest BCUT2D eigenvalue weighted by molar-refractivity contribution is 5.02. The fourth-order valence-electron chi connectivity index (χ4n) is 1.22. The lowest BCUT2D eigenvalue weighted by atomic mass is 10.1. The molecule has 0 N–H and O–H groups in total. The van der Waals surface area contributed by atoms with E-state index in [1.807, 2.05) is 0 Å². The Morgan fingerprint density at radius 2 is 1.82 bits per heavy atom. The molecule has 0 aliphatic heterocycles. The summed E-state index contributed by atoms with van der Waals surface area (Å²) in [6.07, 6.45) is -4.84. The van der Waals surface area contributed by atoms with Gasteiger partial charge in [-0.15, -0.1) is 0 Å². The normalized spacial score (nSPS) is 40.3. The van der Waals surface area contributed by atoms with Gasteiger partial charge in [-0.05, 0) is 12.8 Å². The molecule has 0 spiro atoms. The van der Waals surface area contributed by atoms with Gasteiger partial charge in [0.25, 0.3) is 0 Å². The molecule has 1 fully saturated rings. The Hall–Kier alpha value is -0.470. The van der Waals surface area contributed by atoms with Crippen molar-refractivity contribution in [2.75, 3.05) is 0 Å². The van der Waals surface area contributed by atoms with E-state index in [1.165, 1.54) is 0 Å². The topological polar surface area (TPSA) is 0 Å². The van der Waals surface area contributed by atoms with E-state index in [2.05, 4.69) is 6.58 Å². The molecule has 11 heavy (non-hydrogen) atoms. The quantitative estimate of drug-likeness (QED) is 0.381. The lowest BCUT2D eigenvalue weighted by Gasteiger charge is -2.11. The van der Waals surface area contributed by atoms with Crippen LogP contribution >= 0.6 is 0 Å². The molecule has 3 atom stereocenters. The molecular weight excluding hydrogens is 153 g/mol. The van der Waals surface area contributed by atoms with Gasteiger partial charge in [-0.2, -0.15) is 0 Å². The van der Waals surface area contributed by atoms with Crippen molar-refractivity contribution in [1.82, 2.24) is 0 Å². The summed E-state index contributed by atoms with van der Waals surface area (Å²) in [4.78, 5) is 0. The molecule has 0 amide bonds. The highest BCUT2D eigenvalue weighted by Crippen LogP contribution is 2.27. The Bertz CT molecular complexity index is 155. The molecule has 1 aliphatic carbocycles. The summed E-state index contributed by atoms with van der Waals surface area (Å²) in [5, 5.41) is 0. The van der Waals surface area contributed by atoms with E-state index in [9.17, 15) is 13.2 Å². The average molecular weight is 164 g/mol. The molecule has 0 radical (unpaired) electrons. The van der Waals surface area contributed by atoms with Crippen molar-refractivity contribution in [1.29, 1.82) is 0 Å². The van der Waals surface area contributed by atoms with Gasteiger partial charge in [-0.25, -0.2) is 13.2 Å². The number of hydrogen-bond donors (Lipinski definition) is 0. The van der Waals surface area contributed by atoms with Gasteiger partial charge in [0.05, 0.1) is 0 Å². The summed E-state index contributed by atoms with van der Waals surface area (Å²) in [5.41, 5.74) is 0.611. The van der Waals surface area contributed by atoms with E-state index in [4.69, 9.17) is 0 Å². The first-order valence-corrected chi connectivity index (χ1v) is 3.70. The van der Waals surface area contributed by atoms with Crippen molar-refractivity contribution in [2.24, 2.45) is 0 Å². The molecule has 64 valence electrons. The first-order chi connectivity index (χ1) is 5.11. The van der Waals surface area contributed by atoms with E-state index in [0.717, 1.165) is 0 Å². The van der Waals surface area contributed by atoms with Crippen molar-refractivity contribution in [3.8, 4) is 0 Å². The molecule has 0 aromatic heterocycles. The first kappa shape index (κ1) is 8.62. The second kappa shape index (κ2) is 3.28. The molecule has 2 unspecified atom stereocenters. The fourth-order valence-corrected chi connectivity index (χ4v) is 1.22. The van der Waals surface area contributed by atoms with Gasteiger partial charge in [0, 0.05) is 6.42 Å². The molecule has 0 saturated heterocycles. The summed E-state index contributed by atoms with van der Waals surface area (Å²) >= 11 is 0. The highest BCUT2D eigenvalue weighted by Gasteiger charge is 2.32. The standard InChI is InChI=1S/C8H11F3/c1-5-2-3-6(9)8(11)7(10)4-5/h6-8H,1-4H2/t6?,7?,8-/m0/s1. The van der Waals surface area contributed by atoms with Gasteiger partial charge in [-0.3, -0.25) is 0 Å². The fraction of sp³-hybridized carbons (Fsp3) is 0.750.